The van der Waals surface area contributed by atoms with E-state index in [1.165, 1.54) is 0 Å². The van der Waals surface area contributed by atoms with Crippen molar-refractivity contribution in [1.82, 2.24) is 25.0 Å². The molecule has 1 amide bonds. The van der Waals surface area contributed by atoms with Crippen LogP contribution < -0.4 is 0 Å². The Morgan fingerprint density at radius 1 is 1.36 bits per heavy atom. The van der Waals surface area contributed by atoms with Crippen molar-refractivity contribution in [3.8, 4) is 11.5 Å². The molecular formula is C21H29N5O2. The molecule has 2 aromatic heterocycles. The first kappa shape index (κ1) is 19.0. The van der Waals surface area contributed by atoms with Gasteiger partial charge in [0.2, 0.25) is 17.6 Å². The molecule has 28 heavy (non-hydrogen) atoms. The molecule has 0 radical (unpaired) electrons. The summed E-state index contributed by atoms with van der Waals surface area (Å²) in [7, 11) is 0. The summed E-state index contributed by atoms with van der Waals surface area (Å²) in [6, 6.07) is 0. The van der Waals surface area contributed by atoms with Gasteiger partial charge in [0, 0.05) is 31.4 Å². The van der Waals surface area contributed by atoms with Crippen molar-refractivity contribution in [2.45, 2.75) is 58.3 Å². The molecule has 7 heteroatoms. The Kier molecular flexibility index (Phi) is 5.17. The van der Waals surface area contributed by atoms with E-state index >= 15 is 0 Å². The normalized spacial score (nSPS) is 25.3. The maximum atomic E-state index is 13.2. The molecule has 7 nitrogen and oxygen atoms in total. The van der Waals surface area contributed by atoms with Crippen LogP contribution in [-0.2, 0) is 10.2 Å². The van der Waals surface area contributed by atoms with E-state index in [0.717, 1.165) is 38.6 Å². The molecule has 1 aliphatic heterocycles. The number of hydrogen-bond donors (Lipinski definition) is 0. The van der Waals surface area contributed by atoms with Gasteiger partial charge < -0.3 is 9.42 Å². The highest BCUT2D eigenvalue weighted by Gasteiger charge is 2.55. The SMILES string of the molecule is CCC(CC)[C@H](C)C(=O)N1C[C@H]2CCC[C@@]2(c2nc(-c3cnccn3)no2)C1. The number of amides is 1. The second-order valence-corrected chi connectivity index (χ2v) is 8.34. The molecule has 3 atom stereocenters. The number of nitrogens with zero attached hydrogens (tertiary/aromatic N) is 5. The minimum absolute atomic E-state index is 0.0590. The van der Waals surface area contributed by atoms with Crippen LogP contribution in [0, 0.1) is 17.8 Å². The van der Waals surface area contributed by atoms with E-state index in [4.69, 9.17) is 4.52 Å². The maximum Gasteiger partial charge on any atom is 0.235 e. The lowest BCUT2D eigenvalue weighted by Crippen LogP contribution is -2.39. The van der Waals surface area contributed by atoms with E-state index in [0.29, 0.717) is 35.8 Å². The Labute approximate surface area is 165 Å². The molecule has 1 aliphatic carbocycles. The van der Waals surface area contributed by atoms with Gasteiger partial charge in [-0.15, -0.1) is 0 Å². The molecule has 2 aromatic rings. The van der Waals surface area contributed by atoms with Crippen molar-refractivity contribution >= 4 is 5.91 Å². The van der Waals surface area contributed by atoms with Gasteiger partial charge in [0.15, 0.2) is 0 Å². The Bertz CT molecular complexity index is 819. The lowest BCUT2D eigenvalue weighted by Gasteiger charge is -2.28. The predicted octanol–water partition coefficient (Wildman–Crippen LogP) is 3.48. The van der Waals surface area contributed by atoms with Crippen LogP contribution in [0.1, 0.15) is 58.8 Å². The summed E-state index contributed by atoms with van der Waals surface area (Å²) in [5, 5.41) is 4.15. The third-order valence-corrected chi connectivity index (χ3v) is 6.97. The van der Waals surface area contributed by atoms with Gasteiger partial charge >= 0.3 is 0 Å². The Hall–Kier alpha value is -2.31. The molecule has 2 aliphatic rings. The number of carbonyl (C=O) groups is 1. The van der Waals surface area contributed by atoms with Crippen LogP contribution in [0.15, 0.2) is 23.1 Å². The molecule has 0 N–H and O–H groups in total. The summed E-state index contributed by atoms with van der Waals surface area (Å²) in [4.78, 5) is 28.3. The molecule has 0 unspecified atom stereocenters. The monoisotopic (exact) mass is 383 g/mol. The Morgan fingerprint density at radius 2 is 2.18 bits per heavy atom. The van der Waals surface area contributed by atoms with E-state index in [1.54, 1.807) is 18.6 Å². The van der Waals surface area contributed by atoms with E-state index in [9.17, 15) is 4.79 Å². The average Bonchev–Trinajstić information content (AvgIpc) is 3.43. The summed E-state index contributed by atoms with van der Waals surface area (Å²) in [6.45, 7) is 7.91. The van der Waals surface area contributed by atoms with Crippen molar-refractivity contribution in [3.63, 3.8) is 0 Å². The Balaban J connectivity index is 1.57. The topological polar surface area (TPSA) is 85.0 Å². The molecule has 1 saturated heterocycles. The third-order valence-electron chi connectivity index (χ3n) is 6.97. The van der Waals surface area contributed by atoms with Gasteiger partial charge in [-0.3, -0.25) is 9.78 Å². The maximum absolute atomic E-state index is 13.2. The van der Waals surface area contributed by atoms with Gasteiger partial charge in [0.25, 0.3) is 0 Å². The summed E-state index contributed by atoms with van der Waals surface area (Å²) in [5.74, 6) is 2.29. The smallest absolute Gasteiger partial charge is 0.235 e. The molecule has 2 fully saturated rings. The van der Waals surface area contributed by atoms with E-state index in [2.05, 4.69) is 45.8 Å². The van der Waals surface area contributed by atoms with E-state index in [-0.39, 0.29) is 17.2 Å². The fourth-order valence-electron chi connectivity index (χ4n) is 5.24. The number of likely N-dealkylation sites (tertiary alicyclic amines) is 1. The summed E-state index contributed by atoms with van der Waals surface area (Å²) < 4.78 is 5.72. The first-order valence-electron chi connectivity index (χ1n) is 10.5. The molecule has 0 bridgehead atoms. The second kappa shape index (κ2) is 7.60. The number of aromatic nitrogens is 4. The summed E-state index contributed by atoms with van der Waals surface area (Å²) in [6.07, 6.45) is 10.2. The van der Waals surface area contributed by atoms with Crippen LogP contribution in [0.3, 0.4) is 0 Å². The molecule has 3 heterocycles. The van der Waals surface area contributed by atoms with Gasteiger partial charge in [-0.1, -0.05) is 45.2 Å². The van der Waals surface area contributed by atoms with Crippen molar-refractivity contribution in [2.24, 2.45) is 17.8 Å². The quantitative estimate of drug-likeness (QED) is 0.759. The predicted molar refractivity (Wildman–Crippen MR) is 104 cm³/mol. The van der Waals surface area contributed by atoms with Crippen LogP contribution in [-0.4, -0.2) is 44.0 Å². The van der Waals surface area contributed by atoms with Crippen molar-refractivity contribution in [3.05, 3.63) is 24.5 Å². The molecular weight excluding hydrogens is 354 g/mol. The van der Waals surface area contributed by atoms with Crippen LogP contribution >= 0.6 is 0 Å². The zero-order valence-electron chi connectivity index (χ0n) is 17.0. The average molecular weight is 383 g/mol. The van der Waals surface area contributed by atoms with Gasteiger partial charge in [-0.25, -0.2) is 4.98 Å². The molecule has 1 saturated carbocycles. The minimum atomic E-state index is -0.212. The van der Waals surface area contributed by atoms with Crippen molar-refractivity contribution < 1.29 is 9.32 Å². The number of fused-ring (bicyclic) bond motifs is 1. The van der Waals surface area contributed by atoms with Gasteiger partial charge in [-0.05, 0) is 24.7 Å². The summed E-state index contributed by atoms with van der Waals surface area (Å²) in [5.41, 5.74) is 0.397. The zero-order chi connectivity index (χ0) is 19.7. The Morgan fingerprint density at radius 3 is 2.89 bits per heavy atom. The van der Waals surface area contributed by atoms with E-state index in [1.807, 2.05) is 0 Å². The highest BCUT2D eigenvalue weighted by molar-refractivity contribution is 5.79. The van der Waals surface area contributed by atoms with Gasteiger partial charge in [-0.2, -0.15) is 4.98 Å². The number of rotatable bonds is 6. The lowest BCUT2D eigenvalue weighted by molar-refractivity contribution is -0.136. The first-order chi connectivity index (χ1) is 13.6. The standard InChI is InChI=1S/C21H29N5O2/c1-4-15(5-2)14(3)19(27)26-12-16-7-6-8-21(16,13-26)20-24-18(25-28-20)17-11-22-9-10-23-17/h9-11,14-16H,4-8,12-13H2,1-3H3/t14-,16+,21+/m0/s1. The first-order valence-corrected chi connectivity index (χ1v) is 10.5. The fraction of sp³-hybridized carbons (Fsp3) is 0.667. The van der Waals surface area contributed by atoms with Crippen molar-refractivity contribution in [2.75, 3.05) is 13.1 Å². The molecule has 4 rings (SSSR count). The number of carbonyl (C=O) groups excluding carboxylic acids is 1. The van der Waals surface area contributed by atoms with Crippen LogP contribution in [0.5, 0.6) is 0 Å². The lowest BCUT2D eigenvalue weighted by atomic mass is 9.80. The molecule has 150 valence electrons. The van der Waals surface area contributed by atoms with E-state index < -0.39 is 0 Å². The van der Waals surface area contributed by atoms with Gasteiger partial charge in [0.1, 0.15) is 5.69 Å². The van der Waals surface area contributed by atoms with Crippen LogP contribution in [0.25, 0.3) is 11.5 Å². The minimum Gasteiger partial charge on any atom is -0.341 e. The highest BCUT2D eigenvalue weighted by Crippen LogP contribution is 2.50. The fourth-order valence-corrected chi connectivity index (χ4v) is 5.24. The van der Waals surface area contributed by atoms with Gasteiger partial charge in [0.05, 0.1) is 11.6 Å². The van der Waals surface area contributed by atoms with Crippen LogP contribution in [0.4, 0.5) is 0 Å². The third kappa shape index (κ3) is 3.10. The highest BCUT2D eigenvalue weighted by atomic mass is 16.5. The van der Waals surface area contributed by atoms with Crippen LogP contribution in [0.2, 0.25) is 0 Å². The zero-order valence-corrected chi connectivity index (χ0v) is 17.0. The summed E-state index contributed by atoms with van der Waals surface area (Å²) >= 11 is 0. The number of hydrogen-bond acceptors (Lipinski definition) is 6. The molecule has 0 spiro atoms. The molecule has 0 aromatic carbocycles. The van der Waals surface area contributed by atoms with Crippen molar-refractivity contribution in [1.29, 1.82) is 0 Å². The largest absolute Gasteiger partial charge is 0.341 e. The second-order valence-electron chi connectivity index (χ2n) is 8.34.